The van der Waals surface area contributed by atoms with E-state index in [2.05, 4.69) is 48.9 Å². The molecule has 0 saturated carbocycles. The number of hydrogen-bond acceptors (Lipinski definition) is 2. The second-order valence-corrected chi connectivity index (χ2v) is 5.75. The third kappa shape index (κ3) is 6.08. The van der Waals surface area contributed by atoms with Gasteiger partial charge in [-0.2, -0.15) is 5.10 Å². The van der Waals surface area contributed by atoms with Gasteiger partial charge in [-0.1, -0.05) is 46.0 Å². The van der Waals surface area contributed by atoms with Gasteiger partial charge in [0.1, 0.15) is 0 Å². The molecule has 0 spiro atoms. The molecule has 1 aromatic rings. The molecule has 0 amide bonds. The first-order valence-corrected chi connectivity index (χ1v) is 8.47. The van der Waals surface area contributed by atoms with Gasteiger partial charge in [0.25, 0.3) is 0 Å². The molecule has 0 radical (unpaired) electrons. The Morgan fingerprint density at radius 3 is 2.55 bits per heavy atom. The third-order valence-electron chi connectivity index (χ3n) is 3.89. The van der Waals surface area contributed by atoms with Crippen LogP contribution in [0.1, 0.15) is 70.7 Å². The fourth-order valence-electron chi connectivity index (χ4n) is 2.85. The lowest BCUT2D eigenvalue weighted by Crippen LogP contribution is -2.31. The first-order chi connectivity index (χ1) is 9.71. The van der Waals surface area contributed by atoms with Gasteiger partial charge in [-0.15, -0.1) is 0 Å². The van der Waals surface area contributed by atoms with Crippen molar-refractivity contribution in [2.45, 2.75) is 85.2 Å². The highest BCUT2D eigenvalue weighted by Crippen LogP contribution is 2.13. The summed E-state index contributed by atoms with van der Waals surface area (Å²) in [4.78, 5) is 0. The number of nitrogens with zero attached hydrogens (tertiary/aromatic N) is 2. The van der Waals surface area contributed by atoms with Crippen LogP contribution in [0.5, 0.6) is 0 Å². The SMILES string of the molecule is CCCCCCCC(Cc1cc(C)nn1CC)NCC. The number of likely N-dealkylation sites (N-methyl/N-ethyl adjacent to an activating group) is 1. The predicted molar refractivity (Wildman–Crippen MR) is 87.2 cm³/mol. The van der Waals surface area contributed by atoms with Crippen molar-refractivity contribution in [3.05, 3.63) is 17.5 Å². The quantitative estimate of drug-likeness (QED) is 0.618. The van der Waals surface area contributed by atoms with E-state index in [1.54, 1.807) is 0 Å². The highest BCUT2D eigenvalue weighted by molar-refractivity contribution is 5.10. The van der Waals surface area contributed by atoms with Crippen molar-refractivity contribution in [2.24, 2.45) is 0 Å². The number of hydrogen-bond donors (Lipinski definition) is 1. The molecule has 1 unspecified atom stereocenters. The second kappa shape index (κ2) is 9.98. The van der Waals surface area contributed by atoms with Crippen LogP contribution < -0.4 is 5.32 Å². The highest BCUT2D eigenvalue weighted by Gasteiger charge is 2.12. The summed E-state index contributed by atoms with van der Waals surface area (Å²) in [7, 11) is 0. The van der Waals surface area contributed by atoms with E-state index in [1.807, 2.05) is 0 Å². The molecule has 3 heteroatoms. The summed E-state index contributed by atoms with van der Waals surface area (Å²) in [6.45, 7) is 10.8. The maximum absolute atomic E-state index is 4.55. The van der Waals surface area contributed by atoms with Crippen LogP contribution in [0, 0.1) is 6.92 Å². The van der Waals surface area contributed by atoms with Crippen molar-refractivity contribution in [1.29, 1.82) is 0 Å². The zero-order valence-corrected chi connectivity index (χ0v) is 13.9. The van der Waals surface area contributed by atoms with E-state index < -0.39 is 0 Å². The van der Waals surface area contributed by atoms with Crippen molar-refractivity contribution in [3.8, 4) is 0 Å². The smallest absolute Gasteiger partial charge is 0.0596 e. The van der Waals surface area contributed by atoms with E-state index in [9.17, 15) is 0 Å². The molecular weight excluding hydrogens is 246 g/mol. The summed E-state index contributed by atoms with van der Waals surface area (Å²) >= 11 is 0. The van der Waals surface area contributed by atoms with Gasteiger partial charge in [-0.05, 0) is 32.9 Å². The zero-order chi connectivity index (χ0) is 14.8. The van der Waals surface area contributed by atoms with E-state index in [0.717, 1.165) is 25.2 Å². The Labute approximate surface area is 125 Å². The van der Waals surface area contributed by atoms with Gasteiger partial charge < -0.3 is 5.32 Å². The fraction of sp³-hybridized carbons (Fsp3) is 0.824. The van der Waals surface area contributed by atoms with Gasteiger partial charge in [0.05, 0.1) is 5.69 Å². The van der Waals surface area contributed by atoms with E-state index in [1.165, 1.54) is 44.2 Å². The minimum absolute atomic E-state index is 0.600. The molecule has 116 valence electrons. The first-order valence-electron chi connectivity index (χ1n) is 8.47. The summed E-state index contributed by atoms with van der Waals surface area (Å²) in [6.07, 6.45) is 9.21. The average Bonchev–Trinajstić information content (AvgIpc) is 2.78. The molecule has 0 bridgehead atoms. The molecule has 1 aromatic heterocycles. The average molecular weight is 279 g/mol. The molecule has 0 fully saturated rings. The molecule has 1 rings (SSSR count). The molecule has 3 nitrogen and oxygen atoms in total. The summed E-state index contributed by atoms with van der Waals surface area (Å²) in [6, 6.07) is 2.84. The Kier molecular flexibility index (Phi) is 8.59. The minimum atomic E-state index is 0.600. The maximum Gasteiger partial charge on any atom is 0.0596 e. The topological polar surface area (TPSA) is 29.9 Å². The van der Waals surface area contributed by atoms with Gasteiger partial charge in [-0.25, -0.2) is 0 Å². The molecule has 1 heterocycles. The van der Waals surface area contributed by atoms with Gasteiger partial charge in [0.15, 0.2) is 0 Å². The number of aromatic nitrogens is 2. The van der Waals surface area contributed by atoms with E-state index in [-0.39, 0.29) is 0 Å². The van der Waals surface area contributed by atoms with Gasteiger partial charge in [-0.3, -0.25) is 4.68 Å². The Morgan fingerprint density at radius 2 is 1.90 bits per heavy atom. The van der Waals surface area contributed by atoms with E-state index >= 15 is 0 Å². The molecule has 1 N–H and O–H groups in total. The fourth-order valence-corrected chi connectivity index (χ4v) is 2.85. The second-order valence-electron chi connectivity index (χ2n) is 5.75. The van der Waals surface area contributed by atoms with Crippen LogP contribution in [0.15, 0.2) is 6.07 Å². The molecule has 20 heavy (non-hydrogen) atoms. The van der Waals surface area contributed by atoms with Crippen LogP contribution in [-0.2, 0) is 13.0 Å². The number of unbranched alkanes of at least 4 members (excludes halogenated alkanes) is 4. The number of nitrogens with one attached hydrogen (secondary N) is 1. The predicted octanol–water partition coefficient (Wildman–Crippen LogP) is 4.09. The minimum Gasteiger partial charge on any atom is -0.314 e. The molecule has 0 aliphatic heterocycles. The Bertz CT molecular complexity index is 357. The summed E-state index contributed by atoms with van der Waals surface area (Å²) in [5.41, 5.74) is 2.52. The standard InChI is InChI=1S/C17H33N3/c1-5-8-9-10-11-12-16(18-6-2)14-17-13-15(4)19-20(17)7-3/h13,16,18H,5-12,14H2,1-4H3. The van der Waals surface area contributed by atoms with E-state index in [0.29, 0.717) is 6.04 Å². The van der Waals surface area contributed by atoms with Crippen LogP contribution in [0.2, 0.25) is 0 Å². The highest BCUT2D eigenvalue weighted by atomic mass is 15.3. The lowest BCUT2D eigenvalue weighted by atomic mass is 10.0. The van der Waals surface area contributed by atoms with Crippen molar-refractivity contribution in [2.75, 3.05) is 6.54 Å². The molecule has 0 saturated heterocycles. The van der Waals surface area contributed by atoms with Gasteiger partial charge in [0, 0.05) is 24.7 Å². The van der Waals surface area contributed by atoms with Crippen LogP contribution >= 0.6 is 0 Å². The normalized spacial score (nSPS) is 12.8. The molecule has 0 aromatic carbocycles. The lowest BCUT2D eigenvalue weighted by Gasteiger charge is -2.18. The van der Waals surface area contributed by atoms with Gasteiger partial charge in [0.2, 0.25) is 0 Å². The van der Waals surface area contributed by atoms with Crippen molar-refractivity contribution in [1.82, 2.24) is 15.1 Å². The lowest BCUT2D eigenvalue weighted by molar-refractivity contribution is 0.447. The van der Waals surface area contributed by atoms with Crippen LogP contribution in [0.25, 0.3) is 0 Å². The summed E-state index contributed by atoms with van der Waals surface area (Å²) in [5, 5.41) is 8.19. The van der Waals surface area contributed by atoms with Crippen LogP contribution in [0.4, 0.5) is 0 Å². The molecule has 1 atom stereocenters. The molecular formula is C17H33N3. The summed E-state index contributed by atoms with van der Waals surface area (Å²) in [5.74, 6) is 0. The Hall–Kier alpha value is -0.830. The first kappa shape index (κ1) is 17.2. The maximum atomic E-state index is 4.55. The van der Waals surface area contributed by atoms with Crippen molar-refractivity contribution < 1.29 is 0 Å². The largest absolute Gasteiger partial charge is 0.314 e. The molecule has 0 aliphatic rings. The zero-order valence-electron chi connectivity index (χ0n) is 13.9. The number of aryl methyl sites for hydroxylation is 2. The Balaban J connectivity index is 2.44. The van der Waals surface area contributed by atoms with Crippen LogP contribution in [-0.4, -0.2) is 22.4 Å². The van der Waals surface area contributed by atoms with Crippen molar-refractivity contribution >= 4 is 0 Å². The van der Waals surface area contributed by atoms with Gasteiger partial charge >= 0.3 is 0 Å². The monoisotopic (exact) mass is 279 g/mol. The van der Waals surface area contributed by atoms with E-state index in [4.69, 9.17) is 0 Å². The summed E-state index contributed by atoms with van der Waals surface area (Å²) < 4.78 is 2.15. The Morgan fingerprint density at radius 1 is 1.15 bits per heavy atom. The third-order valence-corrected chi connectivity index (χ3v) is 3.89. The molecule has 0 aliphatic carbocycles. The van der Waals surface area contributed by atoms with Crippen LogP contribution in [0.3, 0.4) is 0 Å². The number of rotatable bonds is 11. The van der Waals surface area contributed by atoms with Crippen molar-refractivity contribution in [3.63, 3.8) is 0 Å².